The molecule has 12 nitrogen and oxygen atoms in total. The average molecular weight is 450 g/mol. The summed E-state index contributed by atoms with van der Waals surface area (Å²) in [5.74, 6) is 0.624. The van der Waals surface area contributed by atoms with Crippen molar-refractivity contribution >= 4 is 34.7 Å². The lowest BCUT2D eigenvalue weighted by atomic mass is 10.2. The van der Waals surface area contributed by atoms with Gasteiger partial charge in [0.05, 0.1) is 40.1 Å². The zero-order valence-corrected chi connectivity index (χ0v) is 17.3. The molecule has 0 spiro atoms. The monoisotopic (exact) mass is 450 g/mol. The first-order valence-electron chi connectivity index (χ1n) is 9.57. The minimum atomic E-state index is -0.760. The third kappa shape index (κ3) is 6.07. The van der Waals surface area contributed by atoms with Gasteiger partial charge in [0.2, 0.25) is 0 Å². The van der Waals surface area contributed by atoms with Crippen molar-refractivity contribution in [1.29, 1.82) is 0 Å². The fraction of sp³-hybridized carbons (Fsp3) is 0.0952. The standard InChI is InChI=1S/C21H18N6O6/c1-2-33-18-7-3-15(4-8-18)23-24-16-5-10-21(28)14(11-16)13-22-25-19-9-6-17(26(29)30)12-20(19)27(31)32/h3-13,25,28H,2H2,1H3/b22-13-,24-23?. The van der Waals surface area contributed by atoms with Crippen LogP contribution in [0.25, 0.3) is 0 Å². The topological polar surface area (TPSA) is 165 Å². The number of nitro groups is 2. The van der Waals surface area contributed by atoms with Gasteiger partial charge in [-0.3, -0.25) is 25.7 Å². The number of hydrazone groups is 1. The Bertz CT molecular complexity index is 1230. The number of ether oxygens (including phenoxy) is 1. The van der Waals surface area contributed by atoms with E-state index in [4.69, 9.17) is 4.74 Å². The van der Waals surface area contributed by atoms with E-state index < -0.39 is 21.2 Å². The van der Waals surface area contributed by atoms with Gasteiger partial charge >= 0.3 is 5.69 Å². The Morgan fingerprint density at radius 3 is 2.33 bits per heavy atom. The molecule has 0 aliphatic carbocycles. The van der Waals surface area contributed by atoms with E-state index in [1.165, 1.54) is 24.4 Å². The molecule has 0 radical (unpaired) electrons. The molecule has 0 fully saturated rings. The number of nitro benzene ring substituents is 2. The second-order valence-electron chi connectivity index (χ2n) is 6.46. The van der Waals surface area contributed by atoms with E-state index in [9.17, 15) is 25.3 Å². The lowest BCUT2D eigenvalue weighted by Gasteiger charge is -2.03. The molecule has 2 N–H and O–H groups in total. The fourth-order valence-electron chi connectivity index (χ4n) is 2.65. The number of azo groups is 1. The fourth-order valence-corrected chi connectivity index (χ4v) is 2.65. The number of hydrogen-bond donors (Lipinski definition) is 2. The quantitative estimate of drug-likeness (QED) is 0.189. The van der Waals surface area contributed by atoms with E-state index >= 15 is 0 Å². The van der Waals surface area contributed by atoms with Crippen LogP contribution in [0, 0.1) is 20.2 Å². The molecular weight excluding hydrogens is 432 g/mol. The highest BCUT2D eigenvalue weighted by molar-refractivity contribution is 5.85. The van der Waals surface area contributed by atoms with Crippen LogP contribution in [-0.2, 0) is 0 Å². The molecule has 0 amide bonds. The van der Waals surface area contributed by atoms with Gasteiger partial charge in [-0.05, 0) is 55.5 Å². The molecule has 0 aromatic heterocycles. The number of phenols is 1. The molecule has 3 aromatic rings. The normalized spacial score (nSPS) is 11.1. The van der Waals surface area contributed by atoms with E-state index in [1.54, 1.807) is 30.3 Å². The molecule has 0 atom stereocenters. The van der Waals surface area contributed by atoms with E-state index in [0.717, 1.165) is 17.9 Å². The van der Waals surface area contributed by atoms with Crippen molar-refractivity contribution in [3.8, 4) is 11.5 Å². The number of phenolic OH excluding ortho intramolecular Hbond substituents is 1. The van der Waals surface area contributed by atoms with Crippen molar-refractivity contribution in [2.75, 3.05) is 12.0 Å². The van der Waals surface area contributed by atoms with Crippen molar-refractivity contribution in [3.05, 3.63) is 86.5 Å². The SMILES string of the molecule is CCOc1ccc(N=Nc2ccc(O)c(/C=N\Nc3ccc([N+](=O)[O-])cc3[N+](=O)[O-])c2)cc1. The number of benzene rings is 3. The Kier molecular flexibility index (Phi) is 7.21. The Hall–Kier alpha value is -4.87. The molecule has 0 saturated heterocycles. The van der Waals surface area contributed by atoms with Crippen LogP contribution in [0.15, 0.2) is 76.0 Å². The van der Waals surface area contributed by atoms with Gasteiger partial charge in [-0.15, -0.1) is 0 Å². The number of aromatic hydroxyl groups is 1. The van der Waals surface area contributed by atoms with E-state index in [0.29, 0.717) is 18.0 Å². The smallest absolute Gasteiger partial charge is 0.301 e. The number of anilines is 1. The summed E-state index contributed by atoms with van der Waals surface area (Å²) in [6, 6.07) is 14.6. The van der Waals surface area contributed by atoms with E-state index in [1.807, 2.05) is 6.92 Å². The zero-order chi connectivity index (χ0) is 23.8. The molecule has 0 aliphatic heterocycles. The van der Waals surface area contributed by atoms with Gasteiger partial charge in [-0.2, -0.15) is 15.3 Å². The second kappa shape index (κ2) is 10.4. The molecule has 0 saturated carbocycles. The molecule has 168 valence electrons. The summed E-state index contributed by atoms with van der Waals surface area (Å²) in [7, 11) is 0. The third-order valence-electron chi connectivity index (χ3n) is 4.22. The molecule has 0 heterocycles. The van der Waals surface area contributed by atoms with Gasteiger partial charge in [0, 0.05) is 11.6 Å². The molecule has 3 aromatic carbocycles. The summed E-state index contributed by atoms with van der Waals surface area (Å²) in [6.07, 6.45) is 1.23. The van der Waals surface area contributed by atoms with Crippen LogP contribution in [0.3, 0.4) is 0 Å². The van der Waals surface area contributed by atoms with Crippen LogP contribution < -0.4 is 10.2 Å². The molecular formula is C21H18N6O6. The van der Waals surface area contributed by atoms with Crippen molar-refractivity contribution < 1.29 is 19.7 Å². The van der Waals surface area contributed by atoms with E-state index in [-0.39, 0.29) is 17.0 Å². The molecule has 0 aliphatic rings. The first-order chi connectivity index (χ1) is 15.9. The maximum atomic E-state index is 11.2. The number of non-ortho nitro benzene ring substituents is 1. The highest BCUT2D eigenvalue weighted by Crippen LogP contribution is 2.29. The Balaban J connectivity index is 1.75. The van der Waals surface area contributed by atoms with Gasteiger partial charge in [0.25, 0.3) is 5.69 Å². The van der Waals surface area contributed by atoms with E-state index in [2.05, 4.69) is 20.8 Å². The summed E-state index contributed by atoms with van der Waals surface area (Å²) >= 11 is 0. The first-order valence-corrected chi connectivity index (χ1v) is 9.57. The summed E-state index contributed by atoms with van der Waals surface area (Å²) < 4.78 is 5.37. The van der Waals surface area contributed by atoms with Gasteiger partial charge in [-0.25, -0.2) is 0 Å². The summed E-state index contributed by atoms with van der Waals surface area (Å²) in [5, 5.41) is 44.2. The van der Waals surface area contributed by atoms with Gasteiger partial charge < -0.3 is 9.84 Å². The van der Waals surface area contributed by atoms with Crippen LogP contribution in [0.2, 0.25) is 0 Å². The van der Waals surface area contributed by atoms with Crippen molar-refractivity contribution in [1.82, 2.24) is 0 Å². The van der Waals surface area contributed by atoms with Crippen LogP contribution in [-0.4, -0.2) is 27.8 Å². The van der Waals surface area contributed by atoms with Crippen LogP contribution in [0.5, 0.6) is 11.5 Å². The summed E-state index contributed by atoms with van der Waals surface area (Å²) in [6.45, 7) is 2.45. The lowest BCUT2D eigenvalue weighted by molar-refractivity contribution is -0.393. The molecule has 33 heavy (non-hydrogen) atoms. The van der Waals surface area contributed by atoms with Crippen molar-refractivity contribution in [2.45, 2.75) is 6.92 Å². The van der Waals surface area contributed by atoms with Crippen molar-refractivity contribution in [2.24, 2.45) is 15.3 Å². The second-order valence-corrected chi connectivity index (χ2v) is 6.46. The first kappa shape index (κ1) is 22.8. The van der Waals surface area contributed by atoms with Crippen molar-refractivity contribution in [3.63, 3.8) is 0 Å². The maximum absolute atomic E-state index is 11.2. The van der Waals surface area contributed by atoms with Crippen LogP contribution in [0.4, 0.5) is 28.4 Å². The predicted octanol–water partition coefficient (Wildman–Crippen LogP) is 5.47. The molecule has 0 bridgehead atoms. The van der Waals surface area contributed by atoms with Crippen LogP contribution >= 0.6 is 0 Å². The van der Waals surface area contributed by atoms with Gasteiger partial charge in [0.15, 0.2) is 0 Å². The molecule has 3 rings (SSSR count). The highest BCUT2D eigenvalue weighted by Gasteiger charge is 2.19. The average Bonchev–Trinajstić information content (AvgIpc) is 2.80. The number of nitrogens with one attached hydrogen (secondary N) is 1. The number of nitrogens with zero attached hydrogens (tertiary/aromatic N) is 5. The molecule has 12 heteroatoms. The summed E-state index contributed by atoms with van der Waals surface area (Å²) in [5.41, 5.74) is 2.79. The highest BCUT2D eigenvalue weighted by atomic mass is 16.6. The number of hydrogen-bond acceptors (Lipinski definition) is 10. The third-order valence-corrected chi connectivity index (χ3v) is 4.22. The zero-order valence-electron chi connectivity index (χ0n) is 17.3. The lowest BCUT2D eigenvalue weighted by Crippen LogP contribution is -1.98. The van der Waals surface area contributed by atoms with Crippen LogP contribution in [0.1, 0.15) is 12.5 Å². The largest absolute Gasteiger partial charge is 0.507 e. The summed E-state index contributed by atoms with van der Waals surface area (Å²) in [4.78, 5) is 20.5. The van der Waals surface area contributed by atoms with Gasteiger partial charge in [0.1, 0.15) is 17.2 Å². The minimum absolute atomic E-state index is 0.0484. The number of rotatable bonds is 9. The Labute approximate surface area is 187 Å². The molecule has 0 unspecified atom stereocenters. The van der Waals surface area contributed by atoms with Gasteiger partial charge in [-0.1, -0.05) is 0 Å². The predicted molar refractivity (Wildman–Crippen MR) is 121 cm³/mol. The minimum Gasteiger partial charge on any atom is -0.507 e. The maximum Gasteiger partial charge on any atom is 0.301 e. The Morgan fingerprint density at radius 1 is 0.970 bits per heavy atom. The Morgan fingerprint density at radius 2 is 1.67 bits per heavy atom.